The largest absolute Gasteiger partial charge is 0.464 e. The van der Waals surface area contributed by atoms with Crippen LogP contribution in [0.3, 0.4) is 0 Å². The van der Waals surface area contributed by atoms with E-state index < -0.39 is 11.0 Å². The van der Waals surface area contributed by atoms with E-state index >= 15 is 0 Å². The maximum atomic E-state index is 10.9. The van der Waals surface area contributed by atoms with E-state index in [1.54, 1.807) is 11.8 Å². The highest BCUT2D eigenvalue weighted by Gasteiger charge is 2.11. The summed E-state index contributed by atoms with van der Waals surface area (Å²) in [6.07, 6.45) is 0.128. The molecule has 0 aliphatic carbocycles. The van der Waals surface area contributed by atoms with Crippen molar-refractivity contribution in [2.45, 2.75) is 25.3 Å². The van der Waals surface area contributed by atoms with E-state index in [4.69, 9.17) is 4.42 Å². The van der Waals surface area contributed by atoms with Crippen LogP contribution in [-0.4, -0.2) is 47.9 Å². The number of furan rings is 1. The van der Waals surface area contributed by atoms with Crippen LogP contribution in [0.5, 0.6) is 0 Å². The van der Waals surface area contributed by atoms with E-state index in [2.05, 4.69) is 10.6 Å². The number of thioether (sulfide) groups is 1. The minimum absolute atomic E-state index is 0.172. The summed E-state index contributed by atoms with van der Waals surface area (Å²) < 4.78 is 5.77. The highest BCUT2D eigenvalue weighted by molar-refractivity contribution is 7.98. The second-order valence-corrected chi connectivity index (χ2v) is 8.27. The fourth-order valence-electron chi connectivity index (χ4n) is 2.86. The number of hydrogen-bond donors (Lipinski definition) is 3. The molecule has 1 aromatic carbocycles. The fourth-order valence-corrected chi connectivity index (χ4v) is 3.61. The number of aliphatic hydroxyl groups is 1. The van der Waals surface area contributed by atoms with Crippen molar-refractivity contribution >= 4 is 11.8 Å². The van der Waals surface area contributed by atoms with Crippen LogP contribution in [0, 0.1) is 17.0 Å². The van der Waals surface area contributed by atoms with E-state index in [0.717, 1.165) is 46.9 Å². The third-order valence-electron chi connectivity index (χ3n) is 4.26. The van der Waals surface area contributed by atoms with Crippen molar-refractivity contribution in [3.05, 3.63) is 81.2 Å². The van der Waals surface area contributed by atoms with Gasteiger partial charge in [0.25, 0.3) is 6.20 Å². The fraction of sp³-hybridized carbons (Fsp3) is 0.429. The first kappa shape index (κ1) is 23.8. The average molecular weight is 435 g/mol. The summed E-state index contributed by atoms with van der Waals surface area (Å²) in [5.74, 6) is 3.61. The van der Waals surface area contributed by atoms with E-state index in [0.29, 0.717) is 6.54 Å². The first-order chi connectivity index (χ1) is 14.3. The molecule has 3 N–H and O–H groups in total. The molecule has 2 rings (SSSR count). The summed E-state index contributed by atoms with van der Waals surface area (Å²) in [5, 5.41) is 27.2. The Morgan fingerprint density at radius 3 is 2.70 bits per heavy atom. The van der Waals surface area contributed by atoms with Crippen molar-refractivity contribution in [3.8, 4) is 0 Å². The van der Waals surface area contributed by atoms with Gasteiger partial charge in [0.1, 0.15) is 11.5 Å². The Morgan fingerprint density at radius 1 is 1.27 bits per heavy atom. The Kier molecular flexibility index (Phi) is 9.72. The summed E-state index contributed by atoms with van der Waals surface area (Å²) in [7, 11) is 3.99. The van der Waals surface area contributed by atoms with Crippen LogP contribution < -0.4 is 10.6 Å². The number of rotatable bonds is 13. The van der Waals surface area contributed by atoms with Crippen LogP contribution in [0.25, 0.3) is 0 Å². The standard InChI is InChI=1S/C21H30N4O4S/c1-16-6-4-5-7-19(16)20(26)12-23-21(14-25(27)28)22-10-11-30-15-18-9-8-17(29-18)13-24(2)3/h4-9,14,20,22-23,26H,10-13,15H2,1-3H3. The lowest BCUT2D eigenvalue weighted by molar-refractivity contribution is -0.404. The molecule has 1 aromatic heterocycles. The number of benzene rings is 1. The molecule has 1 unspecified atom stereocenters. The molecule has 30 heavy (non-hydrogen) atoms. The van der Waals surface area contributed by atoms with E-state index in [9.17, 15) is 15.2 Å². The van der Waals surface area contributed by atoms with Gasteiger partial charge in [-0.2, -0.15) is 11.8 Å². The van der Waals surface area contributed by atoms with E-state index in [1.165, 1.54) is 0 Å². The van der Waals surface area contributed by atoms with Crippen molar-refractivity contribution in [2.75, 3.05) is 32.9 Å². The molecule has 8 nitrogen and oxygen atoms in total. The molecule has 1 heterocycles. The molecule has 0 radical (unpaired) electrons. The maximum Gasteiger partial charge on any atom is 0.274 e. The Balaban J connectivity index is 1.75. The first-order valence-electron chi connectivity index (χ1n) is 9.72. The van der Waals surface area contributed by atoms with Crippen LogP contribution in [0.2, 0.25) is 0 Å². The Labute approximate surface area is 181 Å². The van der Waals surface area contributed by atoms with Gasteiger partial charge in [-0.15, -0.1) is 0 Å². The zero-order chi connectivity index (χ0) is 21.9. The SMILES string of the molecule is Cc1ccccc1C(O)CNC(=C[N+](=O)[O-])NCCSCc1ccc(CN(C)C)o1. The molecular weight excluding hydrogens is 404 g/mol. The van der Waals surface area contributed by atoms with Gasteiger partial charge in [-0.25, -0.2) is 0 Å². The number of aliphatic hydroxyl groups excluding tert-OH is 1. The van der Waals surface area contributed by atoms with Crippen LogP contribution in [0.1, 0.15) is 28.8 Å². The second-order valence-electron chi connectivity index (χ2n) is 7.17. The van der Waals surface area contributed by atoms with Gasteiger partial charge in [0, 0.05) is 18.8 Å². The number of nitrogens with zero attached hydrogens (tertiary/aromatic N) is 2. The number of nitrogens with one attached hydrogen (secondary N) is 2. The smallest absolute Gasteiger partial charge is 0.274 e. The zero-order valence-corrected chi connectivity index (χ0v) is 18.4. The Bertz CT molecular complexity index is 838. The number of aryl methyl sites for hydroxylation is 1. The molecule has 164 valence electrons. The van der Waals surface area contributed by atoms with Crippen molar-refractivity contribution in [3.63, 3.8) is 0 Å². The molecule has 2 aromatic rings. The predicted octanol–water partition coefficient (Wildman–Crippen LogP) is 2.87. The van der Waals surface area contributed by atoms with Crippen LogP contribution in [0.15, 0.2) is 52.8 Å². The van der Waals surface area contributed by atoms with Gasteiger partial charge in [-0.05, 0) is 44.3 Å². The molecule has 0 amide bonds. The molecule has 0 aliphatic rings. The number of hydrogen-bond acceptors (Lipinski definition) is 8. The van der Waals surface area contributed by atoms with Crippen LogP contribution in [-0.2, 0) is 12.3 Å². The van der Waals surface area contributed by atoms with Crippen molar-refractivity contribution in [1.29, 1.82) is 0 Å². The first-order valence-corrected chi connectivity index (χ1v) is 10.9. The molecule has 0 fully saturated rings. The summed E-state index contributed by atoms with van der Waals surface area (Å²) in [6, 6.07) is 11.5. The van der Waals surface area contributed by atoms with Crippen molar-refractivity contribution in [2.24, 2.45) is 0 Å². The minimum Gasteiger partial charge on any atom is -0.464 e. The lowest BCUT2D eigenvalue weighted by atomic mass is 10.0. The zero-order valence-electron chi connectivity index (χ0n) is 17.6. The molecule has 0 saturated carbocycles. The highest BCUT2D eigenvalue weighted by atomic mass is 32.2. The van der Waals surface area contributed by atoms with Gasteiger partial charge < -0.3 is 25.1 Å². The average Bonchev–Trinajstić information content (AvgIpc) is 3.11. The van der Waals surface area contributed by atoms with Crippen molar-refractivity contribution in [1.82, 2.24) is 15.5 Å². The predicted molar refractivity (Wildman–Crippen MR) is 119 cm³/mol. The van der Waals surface area contributed by atoms with E-state index in [1.807, 2.05) is 62.3 Å². The van der Waals surface area contributed by atoms with Crippen LogP contribution >= 0.6 is 11.8 Å². The molecule has 9 heteroatoms. The summed E-state index contributed by atoms with van der Waals surface area (Å²) in [6.45, 7) is 3.40. The Hall–Kier alpha value is -2.49. The second kappa shape index (κ2) is 12.3. The molecule has 0 spiro atoms. The summed E-state index contributed by atoms with van der Waals surface area (Å²) in [5.41, 5.74) is 1.77. The molecule has 0 aliphatic heterocycles. The topological polar surface area (TPSA) is 104 Å². The van der Waals surface area contributed by atoms with Gasteiger partial charge >= 0.3 is 0 Å². The minimum atomic E-state index is -0.757. The van der Waals surface area contributed by atoms with Gasteiger partial charge in [0.2, 0.25) is 0 Å². The molecule has 1 atom stereocenters. The Morgan fingerprint density at radius 2 is 2.00 bits per heavy atom. The lowest BCUT2D eigenvalue weighted by Crippen LogP contribution is -2.32. The lowest BCUT2D eigenvalue weighted by Gasteiger charge is -2.17. The van der Waals surface area contributed by atoms with Crippen LogP contribution in [0.4, 0.5) is 0 Å². The quantitative estimate of drug-likeness (QED) is 0.251. The third kappa shape index (κ3) is 8.48. The van der Waals surface area contributed by atoms with Gasteiger partial charge in [0.05, 0.1) is 23.3 Å². The number of nitro groups is 1. The molecular formula is C21H30N4O4S. The maximum absolute atomic E-state index is 10.9. The van der Waals surface area contributed by atoms with E-state index in [-0.39, 0.29) is 12.4 Å². The van der Waals surface area contributed by atoms with Gasteiger partial charge in [0.15, 0.2) is 5.82 Å². The van der Waals surface area contributed by atoms with Gasteiger partial charge in [-0.1, -0.05) is 24.3 Å². The monoisotopic (exact) mass is 434 g/mol. The summed E-state index contributed by atoms with van der Waals surface area (Å²) in [4.78, 5) is 12.4. The normalized spacial score (nSPS) is 12.8. The highest BCUT2D eigenvalue weighted by Crippen LogP contribution is 2.17. The third-order valence-corrected chi connectivity index (χ3v) is 5.24. The van der Waals surface area contributed by atoms with Gasteiger partial charge in [-0.3, -0.25) is 10.1 Å². The van der Waals surface area contributed by atoms with Crippen molar-refractivity contribution < 1.29 is 14.4 Å². The molecule has 0 bridgehead atoms. The molecule has 0 saturated heterocycles. The summed E-state index contributed by atoms with van der Waals surface area (Å²) >= 11 is 1.68.